The molecule has 1 aliphatic heterocycles. The molecule has 0 bridgehead atoms. The number of carboxylic acids is 1. The van der Waals surface area contributed by atoms with Gasteiger partial charge in [-0.25, -0.2) is 9.59 Å². The van der Waals surface area contributed by atoms with Gasteiger partial charge in [0.2, 0.25) is 12.2 Å². The molecular formula is C72H89BrCl6K2N6O14. The zero-order valence-corrected chi connectivity index (χ0v) is 66.1. The summed E-state index contributed by atoms with van der Waals surface area (Å²) in [5, 5.41) is 44.4. The molecule has 2 N–H and O–H groups in total. The number of phenolic OH excluding ortho intramolecular Hbond substituents is 1. The number of carbonyl (C=O) groups excluding carboxylic acids is 3. The van der Waals surface area contributed by atoms with Gasteiger partial charge >= 0.3 is 121 Å². The van der Waals surface area contributed by atoms with E-state index in [1.165, 1.54) is 0 Å². The zero-order valence-electron chi connectivity index (χ0n) is 54.8. The van der Waals surface area contributed by atoms with E-state index in [0.29, 0.717) is 87.4 Å². The van der Waals surface area contributed by atoms with Gasteiger partial charge in [-0.1, -0.05) is 159 Å². The average Bonchev–Trinajstić information content (AvgIpc) is 1.58. The first-order chi connectivity index (χ1) is 45.2. The van der Waals surface area contributed by atoms with E-state index < -0.39 is 29.0 Å². The number of benzene rings is 6. The number of alkyl halides is 1. The van der Waals surface area contributed by atoms with Crippen molar-refractivity contribution in [2.24, 2.45) is 0 Å². The molecule has 4 unspecified atom stereocenters. The molecule has 4 atom stereocenters. The average molecular weight is 1630 g/mol. The number of esters is 2. The van der Waals surface area contributed by atoms with Crippen molar-refractivity contribution in [3.05, 3.63) is 211 Å². The Kier molecular flexibility index (Phi) is 54.1. The number of aliphatic carboxylic acids is 1. The van der Waals surface area contributed by atoms with Crippen LogP contribution in [-0.2, 0) is 62.6 Å². The standard InChI is InChI=1S/C21H20Cl2N2O3.C19H16Cl2N2O3.C11H11ClN2O.C10H10BrClO2.C5H10O2.CH2O3.5CH4.2K.H/c1-3-25-12-11-18(24-25)17-13-16(23)9-10-19(17)28-20(21(26)27-4-2)14-5-7-15(22)8-6-14;1-2-23-10-9-16(22-23)15-11-14(21)7-8-17(15)26-18(19(24)25)12-3-5-13(20)6-4-12;1-2-14-6-5-10(13-14)9-7-8(12)3-4-11(9)15;1-2-14-10(13)9(11)7-3-5-8(12)6-4-7;1-6-5-3-2-4-7-5;2-1-4-3;;;;;;;;/h5-13,20H,3-4H2,1-2H3;3-11,18H,2H2,1H3,(H,24,25);3-7,15H,2H2,1H3;3-6,9H,2H2,1H3;5H,2-4H2,1H3;1,3H;5*1H4;;;/q;;;;;;;;;;;2*+1;-1/p-1. The Bertz CT molecular complexity index is 3820. The first-order valence-electron chi connectivity index (χ1n) is 29.0. The van der Waals surface area contributed by atoms with Crippen LogP contribution in [0, 0.1) is 0 Å². The van der Waals surface area contributed by atoms with Crippen molar-refractivity contribution in [2.45, 2.75) is 128 Å². The van der Waals surface area contributed by atoms with E-state index in [2.05, 4.69) is 36.1 Å². The predicted octanol–water partition coefficient (Wildman–Crippen LogP) is 13.4. The summed E-state index contributed by atoms with van der Waals surface area (Å²) in [6.45, 7) is 13.1. The summed E-state index contributed by atoms with van der Waals surface area (Å²) in [7, 11) is 1.68. The van der Waals surface area contributed by atoms with Gasteiger partial charge in [0.05, 0.1) is 30.3 Å². The Balaban J connectivity index is -0.000000598. The number of carboxylic acid groups (broad SMARTS) is 1. The van der Waals surface area contributed by atoms with E-state index in [9.17, 15) is 24.6 Å². The van der Waals surface area contributed by atoms with Crippen molar-refractivity contribution in [1.29, 1.82) is 0 Å². The summed E-state index contributed by atoms with van der Waals surface area (Å²) in [4.78, 5) is 46.5. The van der Waals surface area contributed by atoms with Gasteiger partial charge in [0.25, 0.3) is 6.47 Å². The first-order valence-corrected chi connectivity index (χ1v) is 32.2. The quantitative estimate of drug-likeness (QED) is 0.0180. The molecule has 20 nitrogen and oxygen atoms in total. The number of halogens is 7. The fourth-order valence-corrected chi connectivity index (χ4v) is 9.68. The summed E-state index contributed by atoms with van der Waals surface area (Å²) in [6.07, 6.45) is 5.78. The van der Waals surface area contributed by atoms with Crippen LogP contribution in [0.5, 0.6) is 17.2 Å². The van der Waals surface area contributed by atoms with Gasteiger partial charge < -0.3 is 50.2 Å². The van der Waals surface area contributed by atoms with Crippen molar-refractivity contribution >= 4 is 110 Å². The molecule has 10 rings (SSSR count). The van der Waals surface area contributed by atoms with Gasteiger partial charge in [0, 0.05) is 116 Å². The minimum Gasteiger partial charge on any atom is -1.00 e. The van der Waals surface area contributed by atoms with Crippen LogP contribution in [0.25, 0.3) is 33.8 Å². The number of ether oxygens (including phenoxy) is 6. The number of nitrogens with zero attached hydrogens (tertiary/aromatic N) is 6. The van der Waals surface area contributed by atoms with Crippen LogP contribution in [0.15, 0.2) is 164 Å². The molecule has 0 amide bonds. The molecule has 3 aromatic heterocycles. The van der Waals surface area contributed by atoms with Crippen molar-refractivity contribution in [3.8, 4) is 51.0 Å². The molecule has 29 heteroatoms. The normalized spacial score (nSPS) is 12.0. The van der Waals surface area contributed by atoms with Gasteiger partial charge in [0.1, 0.15) is 22.1 Å². The van der Waals surface area contributed by atoms with Crippen LogP contribution >= 0.6 is 85.5 Å². The third kappa shape index (κ3) is 33.7. The second-order valence-corrected chi connectivity index (χ2v) is 22.9. The molecular weight excluding hydrogens is 1540 g/mol. The fourth-order valence-electron chi connectivity index (χ4n) is 8.35. The van der Waals surface area contributed by atoms with Crippen LogP contribution in [-0.4, -0.2) is 97.2 Å². The van der Waals surface area contributed by atoms with E-state index in [0.717, 1.165) is 50.3 Å². The number of phenols is 1. The van der Waals surface area contributed by atoms with Crippen LogP contribution in [0.2, 0.25) is 30.1 Å². The number of hydrogen-bond acceptors (Lipinski definition) is 16. The van der Waals surface area contributed by atoms with E-state index in [-0.39, 0.29) is 172 Å². The number of rotatable bonds is 20. The first kappa shape index (κ1) is 101. The number of aromatic hydroxyl groups is 1. The Hall–Kier alpha value is -4.40. The van der Waals surface area contributed by atoms with Crippen molar-refractivity contribution in [2.75, 3.05) is 26.9 Å². The van der Waals surface area contributed by atoms with Crippen molar-refractivity contribution in [1.82, 2.24) is 29.3 Å². The molecule has 101 heavy (non-hydrogen) atoms. The summed E-state index contributed by atoms with van der Waals surface area (Å²) >= 11 is 39.0. The molecule has 0 radical (unpaired) electrons. The van der Waals surface area contributed by atoms with Crippen LogP contribution in [0.1, 0.15) is 120 Å². The molecule has 0 spiro atoms. The van der Waals surface area contributed by atoms with Gasteiger partial charge in [-0.15, -0.1) is 0 Å². The molecule has 542 valence electrons. The van der Waals surface area contributed by atoms with Crippen LogP contribution in [0.4, 0.5) is 0 Å². The number of aromatic nitrogens is 6. The molecule has 0 saturated carbocycles. The predicted molar refractivity (Wildman–Crippen MR) is 398 cm³/mol. The topological polar surface area (TPSA) is 250 Å². The Labute approximate surface area is 718 Å². The minimum atomic E-state index is -1.18. The summed E-state index contributed by atoms with van der Waals surface area (Å²) < 4.78 is 37.4. The summed E-state index contributed by atoms with van der Waals surface area (Å²) in [5.41, 5.74) is 6.06. The number of aryl methyl sites for hydroxylation is 3. The van der Waals surface area contributed by atoms with Crippen LogP contribution in [0.3, 0.4) is 0 Å². The zero-order chi connectivity index (χ0) is 68.7. The fraction of sp³-hybridized carbons (Fsp3) is 0.319. The van der Waals surface area contributed by atoms with Gasteiger partial charge in [-0.2, -0.15) is 15.3 Å². The Morgan fingerprint density at radius 3 is 1.25 bits per heavy atom. The SMILES string of the molecule is C.C.C.C.C.CCOC(=O)C(Br)c1ccc(Cl)cc1.CCOC(=O)C(Oc1ccc(Cl)cc1-c1ccn(CC)n1)c1ccc(Cl)cc1.CCn1ccc(-c2cc(Cl)ccc2O)n1.CCn1ccc(-c2cc(Cl)ccc2OC(C(=O)O)c2ccc(Cl)cc2)n1.COC1CCCO1.O=CO[O-].[H-].[K+].[K+]. The smallest absolute Gasteiger partial charge is 1.00 e. The van der Waals surface area contributed by atoms with E-state index in [1.54, 1.807) is 158 Å². The number of carbonyl (C=O) groups is 4. The summed E-state index contributed by atoms with van der Waals surface area (Å²) in [5.74, 6) is -0.801. The van der Waals surface area contributed by atoms with Gasteiger partial charge in [-0.3, -0.25) is 23.6 Å². The second-order valence-electron chi connectivity index (χ2n) is 19.3. The van der Waals surface area contributed by atoms with E-state index in [4.69, 9.17) is 108 Å². The molecule has 0 aliphatic carbocycles. The van der Waals surface area contributed by atoms with Gasteiger partial charge in [0.15, 0.2) is 6.29 Å². The number of methoxy groups -OCH3 is 1. The van der Waals surface area contributed by atoms with Gasteiger partial charge in [-0.05, 0) is 156 Å². The van der Waals surface area contributed by atoms with Crippen LogP contribution < -0.4 is 118 Å². The van der Waals surface area contributed by atoms with Crippen molar-refractivity contribution < 1.29 is 172 Å². The monoisotopic (exact) mass is 1630 g/mol. The molecule has 1 aliphatic rings. The number of hydrogen-bond donors (Lipinski definition) is 2. The molecule has 1 fully saturated rings. The largest absolute Gasteiger partial charge is 1.00 e. The molecule has 1 saturated heterocycles. The third-order valence-electron chi connectivity index (χ3n) is 13.0. The van der Waals surface area contributed by atoms with Crippen molar-refractivity contribution in [3.63, 3.8) is 0 Å². The third-order valence-corrected chi connectivity index (χ3v) is 15.3. The molecule has 4 heterocycles. The molecule has 6 aromatic carbocycles. The Morgan fingerprint density at radius 1 is 0.564 bits per heavy atom. The maximum absolute atomic E-state index is 12.6. The second kappa shape index (κ2) is 54.2. The van der Waals surface area contributed by atoms with E-state index in [1.807, 2.05) is 62.2 Å². The van der Waals surface area contributed by atoms with E-state index >= 15 is 0 Å². The minimum absolute atomic E-state index is 0. The maximum atomic E-state index is 12.6. The maximum Gasteiger partial charge on any atom is 1.00 e. The Morgan fingerprint density at radius 2 is 0.911 bits per heavy atom. The summed E-state index contributed by atoms with van der Waals surface area (Å²) in [6, 6.07) is 41.2. The molecule has 9 aromatic rings.